The number of nitrogens with zero attached hydrogens (tertiary/aromatic N) is 2. The molecule has 0 saturated carbocycles. The Labute approximate surface area is 210 Å². The van der Waals surface area contributed by atoms with Crippen molar-refractivity contribution >= 4 is 28.7 Å². The number of amides is 1. The van der Waals surface area contributed by atoms with Crippen LogP contribution in [0.3, 0.4) is 0 Å². The molecule has 2 heterocycles. The lowest BCUT2D eigenvalue weighted by molar-refractivity contribution is -0.126. The van der Waals surface area contributed by atoms with Gasteiger partial charge in [-0.05, 0) is 62.2 Å². The Morgan fingerprint density at radius 1 is 1.09 bits per heavy atom. The second-order valence-electron chi connectivity index (χ2n) is 9.21. The molecular weight excluding hydrogens is 456 g/mol. The van der Waals surface area contributed by atoms with Gasteiger partial charge in [0.1, 0.15) is 11.5 Å². The summed E-state index contributed by atoms with van der Waals surface area (Å²) in [6, 6.07) is 25.9. The first-order valence-corrected chi connectivity index (χ1v) is 12.9. The Bertz CT molecular complexity index is 1260. The molecule has 7 heteroatoms. The number of para-hydroxylation sites is 3. The number of rotatable bonds is 8. The number of hydrogen-bond acceptors (Lipinski definition) is 5. The number of aromatic nitrogens is 2. The summed E-state index contributed by atoms with van der Waals surface area (Å²) in [5.41, 5.74) is 3.12. The van der Waals surface area contributed by atoms with E-state index in [1.165, 1.54) is 0 Å². The fourth-order valence-electron chi connectivity index (χ4n) is 4.48. The number of carbonyl (C=O) groups excluding carboxylic acids is 1. The van der Waals surface area contributed by atoms with E-state index in [1.807, 2.05) is 80.6 Å². The third-order valence-electron chi connectivity index (χ3n) is 6.01. The second kappa shape index (κ2) is 10.5. The van der Waals surface area contributed by atoms with Crippen molar-refractivity contribution in [2.45, 2.75) is 49.3 Å². The van der Waals surface area contributed by atoms with E-state index < -0.39 is 0 Å². The molecule has 5 rings (SSSR count). The Kier molecular flexibility index (Phi) is 7.06. The molecule has 3 aromatic carbocycles. The van der Waals surface area contributed by atoms with Crippen LogP contribution in [-0.2, 0) is 11.3 Å². The number of aromatic amines is 1. The van der Waals surface area contributed by atoms with Gasteiger partial charge in [-0.3, -0.25) is 9.69 Å². The maximum Gasteiger partial charge on any atom is 0.237 e. The fraction of sp³-hybridized carbons (Fsp3) is 0.286. The van der Waals surface area contributed by atoms with Crippen LogP contribution < -0.4 is 10.1 Å². The van der Waals surface area contributed by atoms with Gasteiger partial charge in [-0.15, -0.1) is 0 Å². The van der Waals surface area contributed by atoms with E-state index in [0.29, 0.717) is 6.54 Å². The van der Waals surface area contributed by atoms with Crippen molar-refractivity contribution in [3.8, 4) is 11.5 Å². The summed E-state index contributed by atoms with van der Waals surface area (Å²) in [7, 11) is 0. The molecule has 0 radical (unpaired) electrons. The minimum Gasteiger partial charge on any atom is -0.457 e. The largest absolute Gasteiger partial charge is 0.457 e. The molecule has 180 valence electrons. The van der Waals surface area contributed by atoms with Crippen molar-refractivity contribution < 1.29 is 9.53 Å². The van der Waals surface area contributed by atoms with Crippen LogP contribution in [0.25, 0.3) is 11.0 Å². The lowest BCUT2D eigenvalue weighted by Crippen LogP contribution is -2.45. The number of hydrogen-bond donors (Lipinski definition) is 2. The van der Waals surface area contributed by atoms with Crippen molar-refractivity contribution in [1.82, 2.24) is 20.2 Å². The first kappa shape index (κ1) is 23.5. The number of carbonyl (C=O) groups is 1. The Balaban J connectivity index is 1.31. The number of thioether (sulfide) groups is 1. The summed E-state index contributed by atoms with van der Waals surface area (Å²) in [5.74, 6) is 1.69. The average Bonchev–Trinajstić information content (AvgIpc) is 3.43. The van der Waals surface area contributed by atoms with Gasteiger partial charge in [-0.2, -0.15) is 0 Å². The van der Waals surface area contributed by atoms with E-state index >= 15 is 0 Å². The summed E-state index contributed by atoms with van der Waals surface area (Å²) < 4.78 is 6.03. The summed E-state index contributed by atoms with van der Waals surface area (Å²) in [6.45, 7) is 5.49. The van der Waals surface area contributed by atoms with Gasteiger partial charge < -0.3 is 15.0 Å². The van der Waals surface area contributed by atoms with Crippen LogP contribution in [0.2, 0.25) is 0 Å². The Morgan fingerprint density at radius 2 is 1.86 bits per heavy atom. The topological polar surface area (TPSA) is 70.2 Å². The molecule has 1 fully saturated rings. The van der Waals surface area contributed by atoms with E-state index in [0.717, 1.165) is 46.2 Å². The molecule has 1 aliphatic rings. The minimum absolute atomic E-state index is 0.0874. The van der Waals surface area contributed by atoms with E-state index in [1.54, 1.807) is 11.8 Å². The molecule has 6 nitrogen and oxygen atoms in total. The monoisotopic (exact) mass is 486 g/mol. The Hall–Kier alpha value is -3.29. The van der Waals surface area contributed by atoms with Crippen molar-refractivity contribution in [3.05, 3.63) is 84.4 Å². The van der Waals surface area contributed by atoms with Crippen LogP contribution >= 0.6 is 11.8 Å². The number of likely N-dealkylation sites (tertiary alicyclic amines) is 1. The smallest absolute Gasteiger partial charge is 0.237 e. The minimum atomic E-state index is -0.182. The lowest BCUT2D eigenvalue weighted by atomic mass is 10.1. The van der Waals surface area contributed by atoms with Crippen LogP contribution in [0.5, 0.6) is 11.5 Å². The fourth-order valence-corrected chi connectivity index (χ4v) is 5.66. The predicted octanol–water partition coefficient (Wildman–Crippen LogP) is 5.62. The predicted molar refractivity (Wildman–Crippen MR) is 141 cm³/mol. The van der Waals surface area contributed by atoms with Gasteiger partial charge in [0.25, 0.3) is 0 Å². The molecule has 1 aliphatic heterocycles. The van der Waals surface area contributed by atoms with Crippen molar-refractivity contribution in [2.24, 2.45) is 0 Å². The van der Waals surface area contributed by atoms with Crippen molar-refractivity contribution in [3.63, 3.8) is 0 Å². The molecule has 2 N–H and O–H groups in total. The molecular formula is C28H30N4O2S. The zero-order valence-corrected chi connectivity index (χ0v) is 20.8. The van der Waals surface area contributed by atoms with Crippen LogP contribution in [0.1, 0.15) is 25.8 Å². The second-order valence-corrected chi connectivity index (χ2v) is 10.5. The number of fused-ring (bicyclic) bond motifs is 1. The SMILES string of the molecule is CC(C)NC(=O)[C@@H]1C[C@H](Sc2nc3ccccc3[nH]2)CN1Cc1cccc(Oc2ccccc2)c1. The Morgan fingerprint density at radius 3 is 2.66 bits per heavy atom. The van der Waals surface area contributed by atoms with Gasteiger partial charge in [0.15, 0.2) is 5.16 Å². The van der Waals surface area contributed by atoms with Gasteiger partial charge in [0, 0.05) is 24.4 Å². The molecule has 1 saturated heterocycles. The van der Waals surface area contributed by atoms with E-state index in [2.05, 4.69) is 27.3 Å². The van der Waals surface area contributed by atoms with Crippen LogP contribution in [-0.4, -0.2) is 44.7 Å². The van der Waals surface area contributed by atoms with Gasteiger partial charge in [-0.25, -0.2) is 4.98 Å². The van der Waals surface area contributed by atoms with Crippen LogP contribution in [0.4, 0.5) is 0 Å². The van der Waals surface area contributed by atoms with Crippen LogP contribution in [0.15, 0.2) is 84.0 Å². The van der Waals surface area contributed by atoms with E-state index in [9.17, 15) is 4.79 Å². The summed E-state index contributed by atoms with van der Waals surface area (Å²) in [5, 5.41) is 4.28. The molecule has 4 aromatic rings. The third-order valence-corrected chi connectivity index (χ3v) is 7.10. The molecule has 0 unspecified atom stereocenters. The van der Waals surface area contributed by atoms with E-state index in [4.69, 9.17) is 9.72 Å². The highest BCUT2D eigenvalue weighted by Crippen LogP contribution is 2.34. The van der Waals surface area contributed by atoms with E-state index in [-0.39, 0.29) is 23.2 Å². The van der Waals surface area contributed by atoms with Crippen LogP contribution in [0, 0.1) is 0 Å². The first-order valence-electron chi connectivity index (χ1n) is 12.0. The molecule has 1 amide bonds. The molecule has 2 atom stereocenters. The quantitative estimate of drug-likeness (QED) is 0.339. The lowest BCUT2D eigenvalue weighted by Gasteiger charge is -2.24. The van der Waals surface area contributed by atoms with Gasteiger partial charge >= 0.3 is 0 Å². The number of imidazole rings is 1. The highest BCUT2D eigenvalue weighted by Gasteiger charge is 2.37. The summed E-state index contributed by atoms with van der Waals surface area (Å²) >= 11 is 1.72. The molecule has 0 spiro atoms. The first-order chi connectivity index (χ1) is 17.0. The molecule has 0 bridgehead atoms. The standard InChI is InChI=1S/C28H30N4O2S/c1-19(2)29-27(33)26-16-23(35-28-30-24-13-6-7-14-25(24)31-28)18-32(26)17-20-9-8-12-22(15-20)34-21-10-4-3-5-11-21/h3-15,19,23,26H,16-18H2,1-2H3,(H,29,33)(H,30,31)/t23-,26-/m0/s1. The number of nitrogens with one attached hydrogen (secondary N) is 2. The van der Waals surface area contributed by atoms with Crippen molar-refractivity contribution in [1.29, 1.82) is 0 Å². The zero-order valence-electron chi connectivity index (χ0n) is 20.0. The summed E-state index contributed by atoms with van der Waals surface area (Å²) in [4.78, 5) is 23.5. The van der Waals surface area contributed by atoms with Gasteiger partial charge in [0.05, 0.1) is 17.1 Å². The maximum atomic E-state index is 13.1. The number of benzene rings is 3. The molecule has 0 aliphatic carbocycles. The average molecular weight is 487 g/mol. The van der Waals surface area contributed by atoms with Crippen molar-refractivity contribution in [2.75, 3.05) is 6.54 Å². The van der Waals surface area contributed by atoms with Gasteiger partial charge in [0.2, 0.25) is 5.91 Å². The number of H-pyrrole nitrogens is 1. The highest BCUT2D eigenvalue weighted by atomic mass is 32.2. The molecule has 35 heavy (non-hydrogen) atoms. The third kappa shape index (κ3) is 5.86. The highest BCUT2D eigenvalue weighted by molar-refractivity contribution is 7.99. The summed E-state index contributed by atoms with van der Waals surface area (Å²) in [6.07, 6.45) is 0.778. The normalized spacial score (nSPS) is 18.3. The number of ether oxygens (including phenoxy) is 1. The maximum absolute atomic E-state index is 13.1. The molecule has 1 aromatic heterocycles. The zero-order chi connectivity index (χ0) is 24.2. The van der Waals surface area contributed by atoms with Gasteiger partial charge in [-0.1, -0.05) is 54.2 Å².